The highest BCUT2D eigenvalue weighted by atomic mass is 35.5. The maximum absolute atomic E-state index is 12.1. The van der Waals surface area contributed by atoms with Gasteiger partial charge in [-0.05, 0) is 36.1 Å². The molecule has 1 aliphatic rings. The lowest BCUT2D eigenvalue weighted by Gasteiger charge is -2.44. The zero-order valence-corrected chi connectivity index (χ0v) is 14.7. The fraction of sp³-hybridized carbons (Fsp3) is 0.350. The summed E-state index contributed by atoms with van der Waals surface area (Å²) in [6.07, 6.45) is 0.923. The number of carbonyl (C=O) groups is 1. The summed E-state index contributed by atoms with van der Waals surface area (Å²) in [4.78, 5) is 14.3. The smallest absolute Gasteiger partial charge is 0.314 e. The van der Waals surface area contributed by atoms with Crippen molar-refractivity contribution < 1.29 is 15.0 Å². The van der Waals surface area contributed by atoms with E-state index in [1.54, 1.807) is 0 Å². The Labute approximate surface area is 152 Å². The molecule has 0 spiro atoms. The standard InChI is InChI=1S/C20H22ClNO3/c21-17-8-6-15(7-9-17)13-22-11-10-20(19(24)25,12-18(22)14-23)16-4-2-1-3-5-16/h1-9,18,23H,10-14H2,(H,24,25)/t18-,20+/m1/s1. The predicted octanol–water partition coefficient (Wildman–Crippen LogP) is 3.32. The second-order valence-corrected chi connectivity index (χ2v) is 7.08. The Balaban J connectivity index is 1.82. The van der Waals surface area contributed by atoms with Crippen LogP contribution in [-0.4, -0.2) is 40.3 Å². The maximum Gasteiger partial charge on any atom is 0.314 e. The average molecular weight is 360 g/mol. The molecule has 3 rings (SSSR count). The molecule has 25 heavy (non-hydrogen) atoms. The molecule has 0 bridgehead atoms. The Kier molecular flexibility index (Phi) is 5.42. The number of carboxylic acid groups (broad SMARTS) is 1. The number of rotatable bonds is 5. The van der Waals surface area contributed by atoms with Crippen LogP contribution in [-0.2, 0) is 16.8 Å². The van der Waals surface area contributed by atoms with E-state index in [4.69, 9.17) is 11.6 Å². The third-order valence-corrected chi connectivity index (χ3v) is 5.42. The number of aliphatic carboxylic acids is 1. The summed E-state index contributed by atoms with van der Waals surface area (Å²) in [5.74, 6) is -0.816. The quantitative estimate of drug-likeness (QED) is 0.859. The number of carboxylic acids is 1. The van der Waals surface area contributed by atoms with E-state index in [-0.39, 0.29) is 12.6 Å². The van der Waals surface area contributed by atoms with E-state index in [1.165, 1.54) is 0 Å². The molecule has 1 aliphatic heterocycles. The second-order valence-electron chi connectivity index (χ2n) is 6.64. The number of benzene rings is 2. The molecule has 2 N–H and O–H groups in total. The summed E-state index contributed by atoms with van der Waals surface area (Å²) in [7, 11) is 0. The van der Waals surface area contributed by atoms with E-state index in [9.17, 15) is 15.0 Å². The lowest BCUT2D eigenvalue weighted by molar-refractivity contribution is -0.147. The fourth-order valence-electron chi connectivity index (χ4n) is 3.70. The van der Waals surface area contributed by atoms with Gasteiger partial charge in [0.1, 0.15) is 0 Å². The van der Waals surface area contributed by atoms with Gasteiger partial charge in [0.05, 0.1) is 12.0 Å². The molecule has 2 atom stereocenters. The minimum absolute atomic E-state index is 0.0601. The van der Waals surface area contributed by atoms with Crippen LogP contribution in [0, 0.1) is 0 Å². The van der Waals surface area contributed by atoms with Crippen molar-refractivity contribution in [1.29, 1.82) is 0 Å². The molecule has 0 saturated carbocycles. The van der Waals surface area contributed by atoms with Gasteiger partial charge in [0.25, 0.3) is 0 Å². The van der Waals surface area contributed by atoms with Crippen LogP contribution in [0.4, 0.5) is 0 Å². The second kappa shape index (κ2) is 7.56. The number of hydrogen-bond donors (Lipinski definition) is 2. The average Bonchev–Trinajstić information content (AvgIpc) is 2.64. The molecule has 132 valence electrons. The summed E-state index contributed by atoms with van der Waals surface area (Å²) in [5.41, 5.74) is 0.975. The monoisotopic (exact) mass is 359 g/mol. The third-order valence-electron chi connectivity index (χ3n) is 5.17. The molecule has 4 nitrogen and oxygen atoms in total. The molecule has 0 unspecified atom stereocenters. The lowest BCUT2D eigenvalue weighted by Crippen LogP contribution is -2.53. The third kappa shape index (κ3) is 3.71. The first kappa shape index (κ1) is 17.9. The highest BCUT2D eigenvalue weighted by Gasteiger charge is 2.46. The van der Waals surface area contributed by atoms with Gasteiger partial charge in [0.2, 0.25) is 0 Å². The van der Waals surface area contributed by atoms with Gasteiger partial charge in [-0.2, -0.15) is 0 Å². The molecule has 0 aromatic heterocycles. The highest BCUT2D eigenvalue weighted by Crippen LogP contribution is 2.39. The summed E-state index contributed by atoms with van der Waals surface area (Å²) in [6.45, 7) is 1.23. The van der Waals surface area contributed by atoms with E-state index in [0.29, 0.717) is 31.0 Å². The van der Waals surface area contributed by atoms with Gasteiger partial charge in [-0.15, -0.1) is 0 Å². The first-order chi connectivity index (χ1) is 12.0. The van der Waals surface area contributed by atoms with Crippen LogP contribution in [0.5, 0.6) is 0 Å². The van der Waals surface area contributed by atoms with Crippen molar-refractivity contribution in [3.05, 3.63) is 70.7 Å². The van der Waals surface area contributed by atoms with Crippen LogP contribution < -0.4 is 0 Å². The van der Waals surface area contributed by atoms with Crippen molar-refractivity contribution in [2.45, 2.75) is 30.8 Å². The van der Waals surface area contributed by atoms with E-state index >= 15 is 0 Å². The van der Waals surface area contributed by atoms with Gasteiger partial charge in [-0.25, -0.2) is 0 Å². The van der Waals surface area contributed by atoms with Crippen molar-refractivity contribution in [1.82, 2.24) is 4.90 Å². The number of piperidine rings is 1. The van der Waals surface area contributed by atoms with Gasteiger partial charge in [0, 0.05) is 24.2 Å². The molecule has 2 aromatic carbocycles. The van der Waals surface area contributed by atoms with Crippen LogP contribution in [0.3, 0.4) is 0 Å². The van der Waals surface area contributed by atoms with Crippen LogP contribution in [0.25, 0.3) is 0 Å². The number of nitrogens with zero attached hydrogens (tertiary/aromatic N) is 1. The van der Waals surface area contributed by atoms with E-state index in [2.05, 4.69) is 4.90 Å². The Bertz CT molecular complexity index is 719. The summed E-state index contributed by atoms with van der Waals surface area (Å²) >= 11 is 5.93. The SMILES string of the molecule is O=C(O)[C@@]1(c2ccccc2)CCN(Cc2ccc(Cl)cc2)[C@@H](CO)C1. The fourth-order valence-corrected chi connectivity index (χ4v) is 3.83. The molecule has 1 heterocycles. The molecule has 1 saturated heterocycles. The zero-order valence-electron chi connectivity index (χ0n) is 13.9. The van der Waals surface area contributed by atoms with Crippen molar-refractivity contribution in [2.24, 2.45) is 0 Å². The first-order valence-electron chi connectivity index (χ1n) is 8.43. The van der Waals surface area contributed by atoms with Crippen LogP contribution in [0.1, 0.15) is 24.0 Å². The predicted molar refractivity (Wildman–Crippen MR) is 97.7 cm³/mol. The van der Waals surface area contributed by atoms with Crippen molar-refractivity contribution in [2.75, 3.05) is 13.2 Å². The molecule has 2 aromatic rings. The van der Waals surface area contributed by atoms with E-state index < -0.39 is 11.4 Å². The van der Waals surface area contributed by atoms with Gasteiger partial charge in [-0.1, -0.05) is 54.1 Å². The topological polar surface area (TPSA) is 60.8 Å². The summed E-state index contributed by atoms with van der Waals surface area (Å²) in [6, 6.07) is 16.8. The van der Waals surface area contributed by atoms with Crippen molar-refractivity contribution >= 4 is 17.6 Å². The minimum atomic E-state index is -0.939. The normalized spacial score (nSPS) is 24.2. The lowest BCUT2D eigenvalue weighted by atomic mass is 9.70. The number of aliphatic hydroxyl groups is 1. The largest absolute Gasteiger partial charge is 0.481 e. The molecule has 5 heteroatoms. The molecule has 0 aliphatic carbocycles. The van der Waals surface area contributed by atoms with Gasteiger partial charge >= 0.3 is 5.97 Å². The van der Waals surface area contributed by atoms with Gasteiger partial charge < -0.3 is 10.2 Å². The highest BCUT2D eigenvalue weighted by molar-refractivity contribution is 6.30. The molecule has 1 fully saturated rings. The van der Waals surface area contributed by atoms with Crippen LogP contribution in [0.2, 0.25) is 5.02 Å². The number of halogens is 1. The Morgan fingerprint density at radius 3 is 2.44 bits per heavy atom. The Morgan fingerprint density at radius 1 is 1.16 bits per heavy atom. The number of likely N-dealkylation sites (tertiary alicyclic amines) is 1. The van der Waals surface area contributed by atoms with Crippen molar-refractivity contribution in [3.8, 4) is 0 Å². The van der Waals surface area contributed by atoms with Gasteiger partial charge in [-0.3, -0.25) is 9.69 Å². The summed E-state index contributed by atoms with van der Waals surface area (Å²) in [5, 5.41) is 20.5. The van der Waals surface area contributed by atoms with Crippen molar-refractivity contribution in [3.63, 3.8) is 0 Å². The molecular formula is C20H22ClNO3. The minimum Gasteiger partial charge on any atom is -0.481 e. The molecule has 0 radical (unpaired) electrons. The van der Waals surface area contributed by atoms with Gasteiger partial charge in [0.15, 0.2) is 0 Å². The Hall–Kier alpha value is -1.88. The first-order valence-corrected chi connectivity index (χ1v) is 8.81. The maximum atomic E-state index is 12.1. The van der Waals surface area contributed by atoms with E-state index in [1.807, 2.05) is 54.6 Å². The van der Waals surface area contributed by atoms with Crippen LogP contribution >= 0.6 is 11.6 Å². The summed E-state index contributed by atoms with van der Waals surface area (Å²) < 4.78 is 0. The number of aliphatic hydroxyl groups excluding tert-OH is 1. The molecule has 0 amide bonds. The van der Waals surface area contributed by atoms with E-state index in [0.717, 1.165) is 11.1 Å². The molecular weight excluding hydrogens is 338 g/mol. The zero-order chi connectivity index (χ0) is 17.9. The van der Waals surface area contributed by atoms with Crippen LogP contribution in [0.15, 0.2) is 54.6 Å². The number of hydrogen-bond acceptors (Lipinski definition) is 3. The Morgan fingerprint density at radius 2 is 1.84 bits per heavy atom.